The average molecular weight is 346 g/mol. The molecular weight excluding hydrogens is 332 g/mol. The Labute approximate surface area is 141 Å². The van der Waals surface area contributed by atoms with Gasteiger partial charge in [0.25, 0.3) is 0 Å². The molecule has 2 rings (SSSR count). The molecule has 0 saturated heterocycles. The van der Waals surface area contributed by atoms with Gasteiger partial charge in [-0.3, -0.25) is 29.3 Å². The first-order valence-corrected chi connectivity index (χ1v) is 7.06. The van der Waals surface area contributed by atoms with Crippen LogP contribution in [-0.2, 0) is 22.6 Å². The fourth-order valence-corrected chi connectivity index (χ4v) is 2.00. The molecule has 10 heteroatoms. The average Bonchev–Trinajstić information content (AvgIpc) is 2.61. The van der Waals surface area contributed by atoms with Crippen molar-refractivity contribution in [3.8, 4) is 0 Å². The minimum Gasteiger partial charge on any atom is -0.465 e. The lowest BCUT2D eigenvalue weighted by atomic mass is 10.2. The van der Waals surface area contributed by atoms with Crippen molar-refractivity contribution in [2.75, 3.05) is 7.11 Å². The van der Waals surface area contributed by atoms with Crippen LogP contribution >= 0.6 is 0 Å². The summed E-state index contributed by atoms with van der Waals surface area (Å²) in [6, 6.07) is 6.00. The first-order valence-electron chi connectivity index (χ1n) is 7.06. The summed E-state index contributed by atoms with van der Waals surface area (Å²) in [6.45, 7) is -0.357. The fraction of sp³-hybridized carbons (Fsp3) is 0.200. The molecule has 2 aromatic rings. The maximum Gasteiger partial charge on any atom is 0.339 e. The first-order chi connectivity index (χ1) is 11.9. The minimum atomic E-state index is -0.995. The van der Waals surface area contributed by atoms with E-state index in [1.54, 1.807) is 24.4 Å². The van der Waals surface area contributed by atoms with Crippen LogP contribution in [0.3, 0.4) is 0 Å². The van der Waals surface area contributed by atoms with Crippen LogP contribution in [0.25, 0.3) is 0 Å². The van der Waals surface area contributed by atoms with Crippen molar-refractivity contribution in [2.45, 2.75) is 13.1 Å². The maximum atomic E-state index is 12.1. The molecule has 130 valence electrons. The fourth-order valence-electron chi connectivity index (χ4n) is 2.00. The van der Waals surface area contributed by atoms with Crippen LogP contribution < -0.4 is 10.9 Å². The van der Waals surface area contributed by atoms with Gasteiger partial charge in [-0.1, -0.05) is 6.07 Å². The molecule has 2 heterocycles. The van der Waals surface area contributed by atoms with Gasteiger partial charge in [0, 0.05) is 18.5 Å². The predicted molar refractivity (Wildman–Crippen MR) is 84.8 cm³/mol. The van der Waals surface area contributed by atoms with Gasteiger partial charge in [0.2, 0.25) is 5.91 Å². The van der Waals surface area contributed by atoms with E-state index in [9.17, 15) is 24.5 Å². The number of rotatable bonds is 6. The Hall–Kier alpha value is -3.56. The molecule has 0 atom stereocenters. The summed E-state index contributed by atoms with van der Waals surface area (Å²) in [5.74, 6) is -1.42. The monoisotopic (exact) mass is 346 g/mol. The molecule has 0 radical (unpaired) electrons. The van der Waals surface area contributed by atoms with Gasteiger partial charge >= 0.3 is 17.2 Å². The van der Waals surface area contributed by atoms with Crippen LogP contribution in [0.4, 0.5) is 5.69 Å². The molecule has 0 unspecified atom stereocenters. The van der Waals surface area contributed by atoms with Gasteiger partial charge in [-0.25, -0.2) is 4.79 Å². The molecule has 10 nitrogen and oxygen atoms in total. The number of methoxy groups -OCH3 is 1. The molecule has 1 amide bonds. The van der Waals surface area contributed by atoms with E-state index >= 15 is 0 Å². The van der Waals surface area contributed by atoms with Crippen LogP contribution in [0.2, 0.25) is 0 Å². The number of hydrogen-bond donors (Lipinski definition) is 1. The second-order valence-electron chi connectivity index (χ2n) is 4.89. The lowest BCUT2D eigenvalue weighted by Crippen LogP contribution is -2.33. The van der Waals surface area contributed by atoms with E-state index in [0.717, 1.165) is 23.9 Å². The van der Waals surface area contributed by atoms with Crippen LogP contribution in [0.5, 0.6) is 0 Å². The SMILES string of the molecule is COC(=O)c1cc([N+](=O)[O-])c(=O)n(CC(=O)NCc2ccccn2)c1. The van der Waals surface area contributed by atoms with E-state index in [4.69, 9.17) is 0 Å². The van der Waals surface area contributed by atoms with Gasteiger partial charge in [0.1, 0.15) is 6.54 Å². The zero-order valence-corrected chi connectivity index (χ0v) is 13.2. The summed E-state index contributed by atoms with van der Waals surface area (Å²) in [6.07, 6.45) is 2.61. The number of carbonyl (C=O) groups excluding carboxylic acids is 2. The van der Waals surface area contributed by atoms with Crippen LogP contribution in [0.15, 0.2) is 41.5 Å². The largest absolute Gasteiger partial charge is 0.465 e. The van der Waals surface area contributed by atoms with Gasteiger partial charge in [-0.15, -0.1) is 0 Å². The lowest BCUT2D eigenvalue weighted by molar-refractivity contribution is -0.386. The number of nitro groups is 1. The van der Waals surface area contributed by atoms with Crippen molar-refractivity contribution in [3.63, 3.8) is 0 Å². The zero-order valence-electron chi connectivity index (χ0n) is 13.2. The lowest BCUT2D eigenvalue weighted by Gasteiger charge is -2.08. The Bertz CT molecular complexity index is 862. The Kier molecular flexibility index (Phi) is 5.56. The quantitative estimate of drug-likeness (QED) is 0.450. The molecule has 2 aromatic heterocycles. The minimum absolute atomic E-state index is 0.132. The molecule has 0 bridgehead atoms. The van der Waals surface area contributed by atoms with Gasteiger partial charge in [0.15, 0.2) is 0 Å². The summed E-state index contributed by atoms with van der Waals surface area (Å²) in [4.78, 5) is 49.7. The number of amides is 1. The molecule has 0 aromatic carbocycles. The second kappa shape index (κ2) is 7.81. The van der Waals surface area contributed by atoms with E-state index in [1.165, 1.54) is 0 Å². The summed E-state index contributed by atoms with van der Waals surface area (Å²) in [5.41, 5.74) is -1.41. The normalized spacial score (nSPS) is 10.1. The van der Waals surface area contributed by atoms with Crippen molar-refractivity contribution in [1.29, 1.82) is 0 Å². The summed E-state index contributed by atoms with van der Waals surface area (Å²) in [7, 11) is 1.10. The molecule has 0 saturated carbocycles. The molecule has 0 aliphatic heterocycles. The maximum absolute atomic E-state index is 12.1. The molecule has 0 fully saturated rings. The van der Waals surface area contributed by atoms with Crippen LogP contribution in [0.1, 0.15) is 16.1 Å². The van der Waals surface area contributed by atoms with Crippen molar-refractivity contribution < 1.29 is 19.2 Å². The smallest absolute Gasteiger partial charge is 0.339 e. The molecule has 25 heavy (non-hydrogen) atoms. The van der Waals surface area contributed by atoms with E-state index < -0.39 is 34.6 Å². The number of carbonyl (C=O) groups is 2. The second-order valence-corrected chi connectivity index (χ2v) is 4.89. The van der Waals surface area contributed by atoms with Crippen molar-refractivity contribution in [1.82, 2.24) is 14.9 Å². The number of aromatic nitrogens is 2. The molecular formula is C15H14N4O6. The molecule has 1 N–H and O–H groups in total. The number of pyridine rings is 2. The van der Waals surface area contributed by atoms with E-state index in [1.807, 2.05) is 0 Å². The molecule has 0 aliphatic rings. The number of esters is 1. The third kappa shape index (κ3) is 4.47. The third-order valence-electron chi connectivity index (χ3n) is 3.19. The van der Waals surface area contributed by atoms with Crippen molar-refractivity contribution in [3.05, 3.63) is 68.4 Å². The van der Waals surface area contributed by atoms with Gasteiger partial charge in [0.05, 0.1) is 29.8 Å². The highest BCUT2D eigenvalue weighted by atomic mass is 16.6. The number of hydrogen-bond acceptors (Lipinski definition) is 7. The highest BCUT2D eigenvalue weighted by Crippen LogP contribution is 2.09. The van der Waals surface area contributed by atoms with Crippen LogP contribution in [0, 0.1) is 10.1 Å². The van der Waals surface area contributed by atoms with Crippen LogP contribution in [-0.4, -0.2) is 33.5 Å². The van der Waals surface area contributed by atoms with Gasteiger partial charge in [-0.05, 0) is 12.1 Å². The summed E-state index contributed by atoms with van der Waals surface area (Å²) in [5, 5.41) is 13.5. The first kappa shape index (κ1) is 17.8. The zero-order chi connectivity index (χ0) is 18.4. The highest BCUT2D eigenvalue weighted by molar-refractivity contribution is 5.89. The number of ether oxygens (including phenoxy) is 1. The number of nitrogens with one attached hydrogen (secondary N) is 1. The highest BCUT2D eigenvalue weighted by Gasteiger charge is 2.21. The standard InChI is InChI=1S/C15H14N4O6/c1-25-15(22)10-6-12(19(23)24)14(21)18(8-10)9-13(20)17-7-11-4-2-3-5-16-11/h2-6,8H,7,9H2,1H3,(H,17,20). The topological polar surface area (TPSA) is 133 Å². The molecule has 0 spiro atoms. The predicted octanol–water partition coefficient (Wildman–Crippen LogP) is 0.254. The number of nitrogens with zero attached hydrogens (tertiary/aromatic N) is 3. The Morgan fingerprint density at radius 2 is 2.16 bits per heavy atom. The Morgan fingerprint density at radius 3 is 2.76 bits per heavy atom. The van der Waals surface area contributed by atoms with E-state index in [0.29, 0.717) is 5.69 Å². The van der Waals surface area contributed by atoms with Gasteiger partial charge < -0.3 is 10.1 Å². The van der Waals surface area contributed by atoms with Crippen molar-refractivity contribution >= 4 is 17.6 Å². The Balaban J connectivity index is 2.21. The van der Waals surface area contributed by atoms with E-state index in [2.05, 4.69) is 15.0 Å². The Morgan fingerprint density at radius 1 is 1.40 bits per heavy atom. The van der Waals surface area contributed by atoms with E-state index in [-0.39, 0.29) is 12.1 Å². The van der Waals surface area contributed by atoms with Crippen molar-refractivity contribution in [2.24, 2.45) is 0 Å². The molecule has 0 aliphatic carbocycles. The third-order valence-corrected chi connectivity index (χ3v) is 3.19. The van der Waals surface area contributed by atoms with Gasteiger partial charge in [-0.2, -0.15) is 0 Å². The summed E-state index contributed by atoms with van der Waals surface area (Å²) < 4.78 is 5.28. The summed E-state index contributed by atoms with van der Waals surface area (Å²) >= 11 is 0.